The third kappa shape index (κ3) is 5.85. The number of carbonyl (C=O) groups excluding carboxylic acids is 2. The first-order valence-electron chi connectivity index (χ1n) is 10.9. The van der Waals surface area contributed by atoms with Gasteiger partial charge in [0.05, 0.1) is 28.9 Å². The third-order valence-electron chi connectivity index (χ3n) is 5.60. The average molecular weight is 525 g/mol. The van der Waals surface area contributed by atoms with Gasteiger partial charge in [-0.2, -0.15) is 13.2 Å². The molecule has 1 saturated heterocycles. The molecule has 0 unspecified atom stereocenters. The molecule has 2 amide bonds. The van der Waals surface area contributed by atoms with Crippen LogP contribution in [0.3, 0.4) is 0 Å². The van der Waals surface area contributed by atoms with Crippen LogP contribution in [0, 0.1) is 11.7 Å². The van der Waals surface area contributed by atoms with E-state index in [0.717, 1.165) is 13.0 Å². The number of rotatable bonds is 7. The predicted octanol–water partition coefficient (Wildman–Crippen LogP) is 4.87. The minimum atomic E-state index is -4.55. The molecule has 0 spiro atoms. The van der Waals surface area contributed by atoms with Gasteiger partial charge in [-0.05, 0) is 42.8 Å². The average Bonchev–Trinajstić information content (AvgIpc) is 3.43. The molecule has 36 heavy (non-hydrogen) atoms. The zero-order valence-electron chi connectivity index (χ0n) is 18.9. The number of nitrogens with one attached hydrogen (secondary N) is 2. The molecule has 1 aliphatic rings. The topological polar surface area (TPSA) is 85.2 Å². The maximum absolute atomic E-state index is 14.5. The Balaban J connectivity index is 1.69. The minimum absolute atomic E-state index is 0.0491. The van der Waals surface area contributed by atoms with Crippen molar-refractivity contribution in [3.05, 3.63) is 64.9 Å². The number of nitrogens with zero attached hydrogens (tertiary/aromatic N) is 2. The zero-order chi connectivity index (χ0) is 26.0. The molecule has 1 fully saturated rings. The molecule has 4 rings (SSSR count). The summed E-state index contributed by atoms with van der Waals surface area (Å²) in [5.41, 5.74) is 1.21. The summed E-state index contributed by atoms with van der Waals surface area (Å²) in [6.45, 7) is 0.597. The maximum Gasteiger partial charge on any atom is 0.414 e. The summed E-state index contributed by atoms with van der Waals surface area (Å²) >= 11 is 6.35. The van der Waals surface area contributed by atoms with E-state index >= 15 is 0 Å². The van der Waals surface area contributed by atoms with Gasteiger partial charge in [0.2, 0.25) is 11.8 Å². The number of para-hydroxylation sites is 1. The molecular formula is C24H21ClF4N4O3. The van der Waals surface area contributed by atoms with Crippen LogP contribution in [-0.4, -0.2) is 40.4 Å². The molecule has 1 aliphatic heterocycles. The van der Waals surface area contributed by atoms with Gasteiger partial charge < -0.3 is 15.4 Å². The first-order valence-corrected chi connectivity index (χ1v) is 11.3. The number of ether oxygens (including phenoxy) is 1. The summed E-state index contributed by atoms with van der Waals surface area (Å²) < 4.78 is 59.2. The standard InChI is InChI=1S/C24H21ClF4N4O3/c1-13(24(27,28)29)36-12-14-6-15(8-17(26)7-14)20-10-21(31-23(35)16-9-22(34)30-11-16)32-33(20)19-5-3-2-4-18(19)25/h2-8,10,13,16H,9,11-12H2,1H3,(H,30,34)(H,31,32,35)/t13-,16+/m1/s1. The Labute approximate surface area is 208 Å². The van der Waals surface area contributed by atoms with Crippen LogP contribution in [0.4, 0.5) is 23.4 Å². The molecule has 0 saturated carbocycles. The number of alkyl halides is 3. The second-order valence-corrected chi connectivity index (χ2v) is 8.72. The fraction of sp³-hybridized carbons (Fsp3) is 0.292. The number of hydrogen-bond donors (Lipinski definition) is 2. The van der Waals surface area contributed by atoms with Crippen LogP contribution >= 0.6 is 11.6 Å². The number of benzene rings is 2. The van der Waals surface area contributed by atoms with Gasteiger partial charge in [0.1, 0.15) is 5.82 Å². The number of carbonyl (C=O) groups is 2. The number of aromatic nitrogens is 2. The normalized spacial score (nSPS) is 16.6. The van der Waals surface area contributed by atoms with E-state index in [1.165, 1.54) is 22.9 Å². The Morgan fingerprint density at radius 1 is 1.28 bits per heavy atom. The molecule has 0 aliphatic carbocycles. The van der Waals surface area contributed by atoms with Crippen molar-refractivity contribution in [1.29, 1.82) is 0 Å². The van der Waals surface area contributed by atoms with E-state index in [2.05, 4.69) is 15.7 Å². The fourth-order valence-electron chi connectivity index (χ4n) is 3.67. The smallest absolute Gasteiger partial charge is 0.364 e. The highest BCUT2D eigenvalue weighted by Gasteiger charge is 2.37. The predicted molar refractivity (Wildman–Crippen MR) is 124 cm³/mol. The maximum atomic E-state index is 14.5. The lowest BCUT2D eigenvalue weighted by atomic mass is 10.1. The Morgan fingerprint density at radius 3 is 2.69 bits per heavy atom. The van der Waals surface area contributed by atoms with Crippen LogP contribution < -0.4 is 10.6 Å². The van der Waals surface area contributed by atoms with Crippen molar-refractivity contribution in [3.8, 4) is 16.9 Å². The Bertz CT molecular complexity index is 1290. The van der Waals surface area contributed by atoms with Crippen LogP contribution in [0.15, 0.2) is 48.5 Å². The number of hydrogen-bond acceptors (Lipinski definition) is 4. The molecule has 12 heteroatoms. The minimum Gasteiger partial charge on any atom is -0.364 e. The number of halogens is 5. The summed E-state index contributed by atoms with van der Waals surface area (Å²) in [5.74, 6) is -1.79. The molecule has 0 bridgehead atoms. The zero-order valence-corrected chi connectivity index (χ0v) is 19.7. The molecule has 7 nitrogen and oxygen atoms in total. The molecule has 2 aromatic carbocycles. The van der Waals surface area contributed by atoms with E-state index in [4.69, 9.17) is 16.3 Å². The highest BCUT2D eigenvalue weighted by molar-refractivity contribution is 6.32. The largest absolute Gasteiger partial charge is 0.414 e. The van der Waals surface area contributed by atoms with E-state index in [0.29, 0.717) is 16.4 Å². The lowest BCUT2D eigenvalue weighted by Crippen LogP contribution is -2.28. The Hall–Kier alpha value is -3.44. The van der Waals surface area contributed by atoms with Crippen LogP contribution in [0.2, 0.25) is 5.02 Å². The quantitative estimate of drug-likeness (QED) is 0.432. The summed E-state index contributed by atoms with van der Waals surface area (Å²) in [7, 11) is 0. The van der Waals surface area contributed by atoms with Gasteiger partial charge >= 0.3 is 6.18 Å². The number of amides is 2. The second kappa shape index (κ2) is 10.3. The summed E-state index contributed by atoms with van der Waals surface area (Å²) in [6, 6.07) is 11.9. The van der Waals surface area contributed by atoms with Crippen LogP contribution in [0.25, 0.3) is 16.9 Å². The SMILES string of the molecule is C[C@@H](OCc1cc(F)cc(-c2cc(NC(=O)[C@@H]3CNC(=O)C3)nn2-c2ccccc2Cl)c1)C(F)(F)F. The van der Waals surface area contributed by atoms with Crippen molar-refractivity contribution in [2.24, 2.45) is 5.92 Å². The highest BCUT2D eigenvalue weighted by atomic mass is 35.5. The van der Waals surface area contributed by atoms with Gasteiger partial charge in [0.15, 0.2) is 11.9 Å². The molecule has 2 N–H and O–H groups in total. The van der Waals surface area contributed by atoms with Gasteiger partial charge in [-0.25, -0.2) is 9.07 Å². The van der Waals surface area contributed by atoms with E-state index in [9.17, 15) is 27.2 Å². The van der Waals surface area contributed by atoms with Crippen molar-refractivity contribution in [1.82, 2.24) is 15.1 Å². The highest BCUT2D eigenvalue weighted by Crippen LogP contribution is 2.31. The van der Waals surface area contributed by atoms with E-state index in [-0.39, 0.29) is 35.8 Å². The van der Waals surface area contributed by atoms with Crippen molar-refractivity contribution < 1.29 is 31.9 Å². The summed E-state index contributed by atoms with van der Waals surface area (Å²) in [4.78, 5) is 24.1. The molecule has 1 aromatic heterocycles. The Kier molecular flexibility index (Phi) is 7.32. The van der Waals surface area contributed by atoms with E-state index in [1.807, 2.05) is 0 Å². The monoisotopic (exact) mass is 524 g/mol. The summed E-state index contributed by atoms with van der Waals surface area (Å²) in [5, 5.41) is 9.98. The van der Waals surface area contributed by atoms with Crippen molar-refractivity contribution >= 4 is 29.2 Å². The molecule has 3 aromatic rings. The van der Waals surface area contributed by atoms with Crippen LogP contribution in [-0.2, 0) is 20.9 Å². The fourth-order valence-corrected chi connectivity index (χ4v) is 3.89. The third-order valence-corrected chi connectivity index (χ3v) is 5.92. The first-order chi connectivity index (χ1) is 17.0. The lowest BCUT2D eigenvalue weighted by molar-refractivity contribution is -0.217. The van der Waals surface area contributed by atoms with Gasteiger partial charge in [0.25, 0.3) is 0 Å². The molecule has 2 heterocycles. The van der Waals surface area contributed by atoms with Gasteiger partial charge in [-0.15, -0.1) is 5.10 Å². The summed E-state index contributed by atoms with van der Waals surface area (Å²) in [6.07, 6.45) is -6.53. The van der Waals surface area contributed by atoms with Gasteiger partial charge in [-0.1, -0.05) is 23.7 Å². The van der Waals surface area contributed by atoms with Crippen molar-refractivity contribution in [2.45, 2.75) is 32.2 Å². The molecule has 2 atom stereocenters. The van der Waals surface area contributed by atoms with Crippen LogP contribution in [0.5, 0.6) is 0 Å². The van der Waals surface area contributed by atoms with Gasteiger partial charge in [-0.3, -0.25) is 9.59 Å². The Morgan fingerprint density at radius 2 is 2.03 bits per heavy atom. The van der Waals surface area contributed by atoms with Crippen molar-refractivity contribution in [2.75, 3.05) is 11.9 Å². The molecule has 190 valence electrons. The lowest BCUT2D eigenvalue weighted by Gasteiger charge is -2.17. The van der Waals surface area contributed by atoms with Crippen LogP contribution in [0.1, 0.15) is 18.9 Å². The second-order valence-electron chi connectivity index (χ2n) is 8.32. The molecular weight excluding hydrogens is 504 g/mol. The van der Waals surface area contributed by atoms with E-state index < -0.39 is 36.5 Å². The first kappa shape index (κ1) is 25.6. The van der Waals surface area contributed by atoms with E-state index in [1.54, 1.807) is 24.3 Å². The van der Waals surface area contributed by atoms with Crippen molar-refractivity contribution in [3.63, 3.8) is 0 Å². The molecule has 0 radical (unpaired) electrons. The van der Waals surface area contributed by atoms with Gasteiger partial charge in [0, 0.05) is 24.6 Å². The number of anilines is 1.